The van der Waals surface area contributed by atoms with Crippen molar-refractivity contribution in [3.63, 3.8) is 0 Å². The topological polar surface area (TPSA) is 47.6 Å². The van der Waals surface area contributed by atoms with Crippen LogP contribution in [0.4, 0.5) is 10.5 Å². The molecule has 0 saturated carbocycles. The van der Waals surface area contributed by atoms with Crippen LogP contribution in [0.5, 0.6) is 0 Å². The summed E-state index contributed by atoms with van der Waals surface area (Å²) in [6.07, 6.45) is -0.611. The van der Waals surface area contributed by atoms with Gasteiger partial charge in [-0.15, -0.1) is 0 Å². The number of carbonyl (C=O) groups excluding carboxylic acids is 1. The van der Waals surface area contributed by atoms with E-state index in [2.05, 4.69) is 5.32 Å². The number of benzene rings is 1. The second-order valence-corrected chi connectivity index (χ2v) is 3.87. The monoisotopic (exact) mass is 277 g/mol. The van der Waals surface area contributed by atoms with Gasteiger partial charge >= 0.3 is 6.09 Å². The van der Waals surface area contributed by atoms with Crippen molar-refractivity contribution in [2.75, 3.05) is 25.1 Å². The van der Waals surface area contributed by atoms with Crippen LogP contribution >= 0.6 is 23.2 Å². The van der Waals surface area contributed by atoms with Crippen LogP contribution < -0.4 is 5.32 Å². The summed E-state index contributed by atoms with van der Waals surface area (Å²) in [5.41, 5.74) is 0.345. The average Bonchev–Trinajstić information content (AvgIpc) is 2.30. The smallest absolute Gasteiger partial charge is 0.411 e. The lowest BCUT2D eigenvalue weighted by atomic mass is 10.3. The lowest BCUT2D eigenvalue weighted by Gasteiger charge is -2.09. The molecule has 0 spiro atoms. The molecule has 0 bridgehead atoms. The zero-order valence-corrected chi connectivity index (χ0v) is 10.8. The predicted octanol–water partition coefficient (Wildman–Crippen LogP) is 3.58. The first-order valence-corrected chi connectivity index (χ1v) is 5.86. The van der Waals surface area contributed by atoms with E-state index >= 15 is 0 Å². The van der Waals surface area contributed by atoms with Gasteiger partial charge in [-0.3, -0.25) is 5.32 Å². The molecular weight excluding hydrogens is 265 g/mol. The van der Waals surface area contributed by atoms with E-state index in [1.54, 1.807) is 18.2 Å². The largest absolute Gasteiger partial charge is 0.447 e. The third kappa shape index (κ3) is 4.81. The van der Waals surface area contributed by atoms with E-state index in [0.717, 1.165) is 0 Å². The van der Waals surface area contributed by atoms with Crippen LogP contribution in [-0.2, 0) is 9.47 Å². The number of carbonyl (C=O) groups is 1. The van der Waals surface area contributed by atoms with Gasteiger partial charge in [-0.05, 0) is 19.1 Å². The van der Waals surface area contributed by atoms with E-state index in [1.165, 1.54) is 0 Å². The van der Waals surface area contributed by atoms with E-state index in [9.17, 15) is 4.79 Å². The van der Waals surface area contributed by atoms with Crippen molar-refractivity contribution in [3.8, 4) is 0 Å². The quantitative estimate of drug-likeness (QED) is 0.837. The molecule has 0 heterocycles. The lowest BCUT2D eigenvalue weighted by molar-refractivity contribution is 0.0850. The first kappa shape index (κ1) is 14.1. The van der Waals surface area contributed by atoms with Gasteiger partial charge < -0.3 is 9.47 Å². The van der Waals surface area contributed by atoms with Gasteiger partial charge in [0.2, 0.25) is 0 Å². The highest BCUT2D eigenvalue weighted by Gasteiger charge is 2.09. The van der Waals surface area contributed by atoms with E-state index in [0.29, 0.717) is 28.9 Å². The molecule has 0 atom stereocenters. The number of ether oxygens (including phenoxy) is 2. The highest BCUT2D eigenvalue weighted by Crippen LogP contribution is 2.29. The molecule has 0 aromatic heterocycles. The molecule has 1 rings (SSSR count). The number of hydrogen-bond acceptors (Lipinski definition) is 3. The van der Waals surface area contributed by atoms with Crippen LogP contribution in [0, 0.1) is 0 Å². The van der Waals surface area contributed by atoms with Crippen LogP contribution in [0.3, 0.4) is 0 Å². The average molecular weight is 278 g/mol. The highest BCUT2D eigenvalue weighted by molar-refractivity contribution is 6.39. The lowest BCUT2D eigenvalue weighted by Crippen LogP contribution is -2.17. The number of anilines is 1. The zero-order valence-electron chi connectivity index (χ0n) is 9.33. The minimum atomic E-state index is -0.611. The molecule has 6 heteroatoms. The first-order valence-electron chi connectivity index (χ1n) is 5.10. The van der Waals surface area contributed by atoms with Crippen LogP contribution in [0.2, 0.25) is 10.0 Å². The summed E-state index contributed by atoms with van der Waals surface area (Å²) in [5, 5.41) is 3.20. The minimum absolute atomic E-state index is 0.182. The van der Waals surface area contributed by atoms with Gasteiger partial charge in [0.25, 0.3) is 0 Å². The third-order valence-corrected chi connectivity index (χ3v) is 2.48. The summed E-state index contributed by atoms with van der Waals surface area (Å²) in [5.74, 6) is 0. The molecule has 0 fully saturated rings. The number of hydrogen-bond donors (Lipinski definition) is 1. The molecule has 0 saturated heterocycles. The number of halogens is 2. The predicted molar refractivity (Wildman–Crippen MR) is 67.9 cm³/mol. The molecule has 0 aliphatic heterocycles. The molecule has 0 aliphatic rings. The summed E-state index contributed by atoms with van der Waals surface area (Å²) in [7, 11) is 0. The Morgan fingerprint density at radius 3 is 2.53 bits per heavy atom. The van der Waals surface area contributed by atoms with Gasteiger partial charge in [0.15, 0.2) is 0 Å². The van der Waals surface area contributed by atoms with Crippen LogP contribution in [0.25, 0.3) is 0 Å². The Morgan fingerprint density at radius 1 is 1.29 bits per heavy atom. The normalized spacial score (nSPS) is 10.1. The molecule has 1 aromatic carbocycles. The van der Waals surface area contributed by atoms with Gasteiger partial charge in [-0.2, -0.15) is 0 Å². The Balaban J connectivity index is 2.45. The van der Waals surface area contributed by atoms with E-state index in [-0.39, 0.29) is 6.61 Å². The first-order chi connectivity index (χ1) is 8.15. The number of rotatable bonds is 5. The van der Waals surface area contributed by atoms with Crippen LogP contribution in [0.1, 0.15) is 6.92 Å². The Kier molecular flexibility index (Phi) is 6.11. The SMILES string of the molecule is CCOCCOC(=O)Nc1c(Cl)cccc1Cl. The maximum atomic E-state index is 11.4. The third-order valence-electron chi connectivity index (χ3n) is 1.85. The standard InChI is InChI=1S/C11H13Cl2NO3/c1-2-16-6-7-17-11(15)14-10-8(12)4-3-5-9(10)13/h3-5H,2,6-7H2,1H3,(H,14,15). The molecule has 1 aromatic rings. The number of amides is 1. The highest BCUT2D eigenvalue weighted by atomic mass is 35.5. The molecule has 0 unspecified atom stereocenters. The maximum Gasteiger partial charge on any atom is 0.411 e. The van der Waals surface area contributed by atoms with E-state index < -0.39 is 6.09 Å². The van der Waals surface area contributed by atoms with Crippen molar-refractivity contribution >= 4 is 35.0 Å². The number of para-hydroxylation sites is 1. The van der Waals surface area contributed by atoms with Gasteiger partial charge in [0.05, 0.1) is 22.3 Å². The summed E-state index contributed by atoms with van der Waals surface area (Å²) in [6.45, 7) is 2.99. The van der Waals surface area contributed by atoms with Crippen molar-refractivity contribution < 1.29 is 14.3 Å². The van der Waals surface area contributed by atoms with Crippen molar-refractivity contribution in [3.05, 3.63) is 28.2 Å². The van der Waals surface area contributed by atoms with Crippen molar-refractivity contribution in [2.24, 2.45) is 0 Å². The van der Waals surface area contributed by atoms with Gasteiger partial charge in [0, 0.05) is 6.61 Å². The number of nitrogens with one attached hydrogen (secondary N) is 1. The Labute approximate surface area is 110 Å². The Bertz CT molecular complexity index is 365. The summed E-state index contributed by atoms with van der Waals surface area (Å²) in [6, 6.07) is 4.95. The van der Waals surface area contributed by atoms with Crippen molar-refractivity contribution in [1.29, 1.82) is 0 Å². The summed E-state index contributed by atoms with van der Waals surface area (Å²) in [4.78, 5) is 11.4. The second kappa shape index (κ2) is 7.37. The molecule has 0 aliphatic carbocycles. The summed E-state index contributed by atoms with van der Waals surface area (Å²) < 4.78 is 9.89. The molecule has 1 N–H and O–H groups in total. The molecular formula is C11H13Cl2NO3. The van der Waals surface area contributed by atoms with Crippen LogP contribution in [0.15, 0.2) is 18.2 Å². The molecule has 4 nitrogen and oxygen atoms in total. The Morgan fingerprint density at radius 2 is 1.94 bits per heavy atom. The van der Waals surface area contributed by atoms with Crippen LogP contribution in [-0.4, -0.2) is 25.9 Å². The van der Waals surface area contributed by atoms with Crippen molar-refractivity contribution in [1.82, 2.24) is 0 Å². The zero-order chi connectivity index (χ0) is 12.7. The fourth-order valence-electron chi connectivity index (χ4n) is 1.09. The van der Waals surface area contributed by atoms with E-state index in [4.69, 9.17) is 32.7 Å². The molecule has 0 radical (unpaired) electrons. The van der Waals surface area contributed by atoms with E-state index in [1.807, 2.05) is 6.92 Å². The maximum absolute atomic E-state index is 11.4. The van der Waals surface area contributed by atoms with Gasteiger partial charge in [0.1, 0.15) is 6.61 Å². The minimum Gasteiger partial charge on any atom is -0.447 e. The van der Waals surface area contributed by atoms with Crippen molar-refractivity contribution in [2.45, 2.75) is 6.92 Å². The molecule has 94 valence electrons. The summed E-state index contributed by atoms with van der Waals surface area (Å²) >= 11 is 11.8. The second-order valence-electron chi connectivity index (χ2n) is 3.05. The van der Waals surface area contributed by atoms with Gasteiger partial charge in [-0.25, -0.2) is 4.79 Å². The Hall–Kier alpha value is -0.970. The fraction of sp³-hybridized carbons (Fsp3) is 0.364. The molecule has 1 amide bonds. The molecule has 17 heavy (non-hydrogen) atoms. The van der Waals surface area contributed by atoms with Gasteiger partial charge in [-0.1, -0.05) is 29.3 Å². The fourth-order valence-corrected chi connectivity index (χ4v) is 1.58.